The first-order valence-electron chi connectivity index (χ1n) is 9.68. The monoisotopic (exact) mass is 434 g/mol. The number of anilines is 1. The van der Waals surface area contributed by atoms with Gasteiger partial charge >= 0.3 is 0 Å². The number of imidazole rings is 1. The summed E-state index contributed by atoms with van der Waals surface area (Å²) in [5, 5.41) is 4.32. The van der Waals surface area contributed by atoms with Crippen LogP contribution in [0, 0.1) is 0 Å². The number of aryl methyl sites for hydroxylation is 1. The summed E-state index contributed by atoms with van der Waals surface area (Å²) in [4.78, 5) is 23.4. The van der Waals surface area contributed by atoms with Crippen LogP contribution in [0.3, 0.4) is 0 Å². The maximum atomic E-state index is 13.2. The van der Waals surface area contributed by atoms with Crippen LogP contribution in [-0.4, -0.2) is 20.4 Å². The van der Waals surface area contributed by atoms with Gasteiger partial charge in [0.15, 0.2) is 11.0 Å². The van der Waals surface area contributed by atoms with Gasteiger partial charge in [0.2, 0.25) is 5.91 Å². The standard InChI is InChI=1S/C23H19ClN4OS/c1-28-14-13-25-20(28)19-18(15-5-3-2-4-6-15)26-22(30-19)27-21(29)23(11-12-23)16-7-9-17(24)10-8-16/h2-10,13-14H,11-12H2,1H3,(H,26,27,29). The van der Waals surface area contributed by atoms with E-state index < -0.39 is 5.41 Å². The Kier molecular flexibility index (Phi) is 4.68. The first-order chi connectivity index (χ1) is 14.6. The SMILES string of the molecule is Cn1ccnc1-c1sc(NC(=O)C2(c3ccc(Cl)cc3)CC2)nc1-c1ccccc1. The van der Waals surface area contributed by atoms with Crippen LogP contribution in [0.4, 0.5) is 5.13 Å². The van der Waals surface area contributed by atoms with Crippen LogP contribution in [-0.2, 0) is 17.3 Å². The number of thiazole rings is 1. The van der Waals surface area contributed by atoms with Crippen LogP contribution in [0.25, 0.3) is 22.0 Å². The third-order valence-corrected chi connectivity index (χ3v) is 6.72. The molecule has 7 heteroatoms. The number of carbonyl (C=O) groups excluding carboxylic acids is 1. The molecule has 150 valence electrons. The average Bonchev–Trinajstić information content (AvgIpc) is 3.30. The van der Waals surface area contributed by atoms with Crippen molar-refractivity contribution in [3.63, 3.8) is 0 Å². The van der Waals surface area contributed by atoms with Crippen molar-refractivity contribution in [3.05, 3.63) is 77.6 Å². The number of amides is 1. The molecule has 0 saturated heterocycles. The number of carbonyl (C=O) groups is 1. The van der Waals surface area contributed by atoms with E-state index in [1.165, 1.54) is 11.3 Å². The van der Waals surface area contributed by atoms with Gasteiger partial charge in [-0.05, 0) is 30.5 Å². The van der Waals surface area contributed by atoms with Gasteiger partial charge in [0.05, 0.1) is 16.0 Å². The van der Waals surface area contributed by atoms with E-state index in [2.05, 4.69) is 10.3 Å². The molecule has 5 rings (SSSR count). The highest BCUT2D eigenvalue weighted by Gasteiger charge is 2.51. The number of halogens is 1. The minimum atomic E-state index is -0.493. The van der Waals surface area contributed by atoms with Crippen molar-refractivity contribution in [1.29, 1.82) is 0 Å². The second-order valence-electron chi connectivity index (χ2n) is 7.47. The van der Waals surface area contributed by atoms with Crippen LogP contribution in [0.15, 0.2) is 67.0 Å². The average molecular weight is 435 g/mol. The molecule has 0 bridgehead atoms. The van der Waals surface area contributed by atoms with E-state index in [9.17, 15) is 4.79 Å². The molecule has 1 aliphatic carbocycles. The zero-order valence-electron chi connectivity index (χ0n) is 16.3. The molecule has 30 heavy (non-hydrogen) atoms. The van der Waals surface area contributed by atoms with Crippen molar-refractivity contribution in [2.75, 3.05) is 5.32 Å². The molecule has 2 aromatic carbocycles. The van der Waals surface area contributed by atoms with Gasteiger partial charge in [-0.25, -0.2) is 9.97 Å². The number of nitrogens with one attached hydrogen (secondary N) is 1. The number of rotatable bonds is 5. The smallest absolute Gasteiger partial charge is 0.236 e. The van der Waals surface area contributed by atoms with Gasteiger partial charge in [-0.15, -0.1) is 0 Å². The largest absolute Gasteiger partial charge is 0.333 e. The van der Waals surface area contributed by atoms with Crippen LogP contribution in [0.5, 0.6) is 0 Å². The highest BCUT2D eigenvalue weighted by Crippen LogP contribution is 2.49. The van der Waals surface area contributed by atoms with Gasteiger partial charge in [-0.1, -0.05) is 65.4 Å². The molecule has 1 amide bonds. The van der Waals surface area contributed by atoms with Crippen molar-refractivity contribution in [3.8, 4) is 22.0 Å². The van der Waals surface area contributed by atoms with Gasteiger partial charge in [-0.3, -0.25) is 4.79 Å². The highest BCUT2D eigenvalue weighted by molar-refractivity contribution is 7.19. The maximum absolute atomic E-state index is 13.2. The van der Waals surface area contributed by atoms with Gasteiger partial charge in [0.1, 0.15) is 0 Å². The zero-order valence-corrected chi connectivity index (χ0v) is 17.9. The summed E-state index contributed by atoms with van der Waals surface area (Å²) in [5.74, 6) is 0.801. The summed E-state index contributed by atoms with van der Waals surface area (Å²) in [6.07, 6.45) is 5.32. The van der Waals surface area contributed by atoms with Crippen LogP contribution in [0.2, 0.25) is 5.02 Å². The van der Waals surface area contributed by atoms with Crippen molar-refractivity contribution in [2.24, 2.45) is 7.05 Å². The molecule has 1 saturated carbocycles. The Labute approximate surface area is 183 Å². The van der Waals surface area contributed by atoms with Crippen molar-refractivity contribution in [2.45, 2.75) is 18.3 Å². The maximum Gasteiger partial charge on any atom is 0.236 e. The molecule has 0 atom stereocenters. The summed E-state index contributed by atoms with van der Waals surface area (Å²) in [6.45, 7) is 0. The molecule has 0 aliphatic heterocycles. The Morgan fingerprint density at radius 3 is 2.50 bits per heavy atom. The summed E-state index contributed by atoms with van der Waals surface area (Å²) < 4.78 is 1.96. The van der Waals surface area contributed by atoms with Crippen molar-refractivity contribution < 1.29 is 4.79 Å². The molecule has 1 fully saturated rings. The lowest BCUT2D eigenvalue weighted by Crippen LogP contribution is -2.27. The fourth-order valence-electron chi connectivity index (χ4n) is 3.66. The first kappa shape index (κ1) is 19.0. The lowest BCUT2D eigenvalue weighted by molar-refractivity contribution is -0.118. The first-order valence-corrected chi connectivity index (χ1v) is 10.9. The van der Waals surface area contributed by atoms with Gasteiger partial charge in [0, 0.05) is 30.0 Å². The van der Waals surface area contributed by atoms with E-state index in [1.54, 1.807) is 6.20 Å². The topological polar surface area (TPSA) is 59.8 Å². The highest BCUT2D eigenvalue weighted by atomic mass is 35.5. The fourth-order valence-corrected chi connectivity index (χ4v) is 4.81. The minimum Gasteiger partial charge on any atom is -0.333 e. The Balaban J connectivity index is 1.50. The van der Waals surface area contributed by atoms with E-state index >= 15 is 0 Å². The molecule has 4 aromatic rings. The number of hydrogen-bond acceptors (Lipinski definition) is 4. The molecular weight excluding hydrogens is 416 g/mol. The third kappa shape index (κ3) is 3.32. The quantitative estimate of drug-likeness (QED) is 0.449. The van der Waals surface area contributed by atoms with Crippen LogP contribution < -0.4 is 5.32 Å². The fraction of sp³-hybridized carbons (Fsp3) is 0.174. The number of nitrogens with zero attached hydrogens (tertiary/aromatic N) is 3. The molecule has 1 aliphatic rings. The summed E-state index contributed by atoms with van der Waals surface area (Å²) in [6, 6.07) is 17.5. The number of aromatic nitrogens is 3. The van der Waals surface area contributed by atoms with E-state index in [1.807, 2.05) is 72.4 Å². The molecular formula is C23H19ClN4OS. The van der Waals surface area contributed by atoms with Crippen molar-refractivity contribution in [1.82, 2.24) is 14.5 Å². The van der Waals surface area contributed by atoms with Crippen LogP contribution >= 0.6 is 22.9 Å². The zero-order chi connectivity index (χ0) is 20.7. The predicted molar refractivity (Wildman–Crippen MR) is 121 cm³/mol. The minimum absolute atomic E-state index is 0.0235. The molecule has 5 nitrogen and oxygen atoms in total. The number of benzene rings is 2. The molecule has 0 spiro atoms. The van der Waals surface area contributed by atoms with E-state index in [0.29, 0.717) is 10.2 Å². The molecule has 2 heterocycles. The van der Waals surface area contributed by atoms with E-state index in [-0.39, 0.29) is 5.91 Å². The summed E-state index contributed by atoms with van der Waals surface area (Å²) in [7, 11) is 1.95. The van der Waals surface area contributed by atoms with E-state index in [0.717, 1.165) is 40.4 Å². The third-order valence-electron chi connectivity index (χ3n) is 5.50. The second-order valence-corrected chi connectivity index (χ2v) is 8.90. The Bertz CT molecular complexity index is 1210. The molecule has 1 N–H and O–H groups in total. The number of hydrogen-bond donors (Lipinski definition) is 1. The Morgan fingerprint density at radius 2 is 1.87 bits per heavy atom. The summed E-state index contributed by atoms with van der Waals surface area (Å²) >= 11 is 7.46. The van der Waals surface area contributed by atoms with Gasteiger partial charge in [-0.2, -0.15) is 0 Å². The van der Waals surface area contributed by atoms with Crippen molar-refractivity contribution >= 4 is 34.0 Å². The van der Waals surface area contributed by atoms with Gasteiger partial charge < -0.3 is 9.88 Å². The summed E-state index contributed by atoms with van der Waals surface area (Å²) in [5.41, 5.74) is 2.31. The molecule has 0 unspecified atom stereocenters. The molecule has 0 radical (unpaired) electrons. The van der Waals surface area contributed by atoms with Crippen LogP contribution in [0.1, 0.15) is 18.4 Å². The second kappa shape index (κ2) is 7.38. The Hall–Kier alpha value is -2.96. The predicted octanol–water partition coefficient (Wildman–Crippen LogP) is 5.53. The Morgan fingerprint density at radius 1 is 1.13 bits per heavy atom. The molecule has 2 aromatic heterocycles. The lowest BCUT2D eigenvalue weighted by Gasteiger charge is -2.14. The normalized spacial score (nSPS) is 14.5. The van der Waals surface area contributed by atoms with Gasteiger partial charge in [0.25, 0.3) is 0 Å². The lowest BCUT2D eigenvalue weighted by atomic mass is 9.95. The van der Waals surface area contributed by atoms with E-state index in [4.69, 9.17) is 16.6 Å².